The van der Waals surface area contributed by atoms with Gasteiger partial charge in [-0.05, 0) is 12.1 Å². The fourth-order valence-electron chi connectivity index (χ4n) is 0.567. The Morgan fingerprint density at radius 3 is 3.00 bits per heavy atom. The third-order valence-corrected chi connectivity index (χ3v) is 0.991. The molecule has 0 aliphatic heterocycles. The van der Waals surface area contributed by atoms with Crippen LogP contribution in [0.4, 0.5) is 5.82 Å². The van der Waals surface area contributed by atoms with E-state index in [0.29, 0.717) is 12.0 Å². The molecule has 10 heavy (non-hydrogen) atoms. The van der Waals surface area contributed by atoms with E-state index in [1.165, 1.54) is 0 Å². The predicted molar refractivity (Wildman–Crippen MR) is 35.9 cm³/mol. The van der Waals surface area contributed by atoms with Gasteiger partial charge in [-0.15, -0.1) is 4.98 Å². The summed E-state index contributed by atoms with van der Waals surface area (Å²) in [5.74, 6) is 0.254. The van der Waals surface area contributed by atoms with Crippen LogP contribution in [0.1, 0.15) is 10.5 Å². The molecule has 0 atom stereocenters. The van der Waals surface area contributed by atoms with Crippen LogP contribution in [0, 0.1) is 6.57 Å². The summed E-state index contributed by atoms with van der Waals surface area (Å²) in [5, 5.41) is 0. The Morgan fingerprint density at radius 2 is 2.40 bits per heavy atom. The quantitative estimate of drug-likeness (QED) is 0.428. The lowest BCUT2D eigenvalue weighted by atomic mass is 10.4. The van der Waals surface area contributed by atoms with Crippen molar-refractivity contribution in [3.63, 3.8) is 0 Å². The van der Waals surface area contributed by atoms with Gasteiger partial charge < -0.3 is 4.85 Å². The Labute approximate surface area is 58.1 Å². The van der Waals surface area contributed by atoms with E-state index in [1.54, 1.807) is 18.2 Å². The van der Waals surface area contributed by atoms with Gasteiger partial charge in [-0.3, -0.25) is 4.79 Å². The van der Waals surface area contributed by atoms with E-state index in [9.17, 15) is 4.79 Å². The molecule has 3 nitrogen and oxygen atoms in total. The molecule has 0 radical (unpaired) electrons. The molecule has 0 saturated heterocycles. The van der Waals surface area contributed by atoms with E-state index in [2.05, 4.69) is 9.83 Å². The SMILES string of the molecule is [C-]#[N+]c1cccc(C=O)n1. The summed E-state index contributed by atoms with van der Waals surface area (Å²) in [6.45, 7) is 6.56. The Bertz CT molecular complexity index is 288. The van der Waals surface area contributed by atoms with Crippen LogP contribution < -0.4 is 0 Å². The largest absolute Gasteiger partial charge is 0.361 e. The number of aromatic nitrogens is 1. The van der Waals surface area contributed by atoms with E-state index in [-0.39, 0.29) is 5.82 Å². The number of hydrogen-bond acceptors (Lipinski definition) is 2. The van der Waals surface area contributed by atoms with E-state index < -0.39 is 0 Å². The molecule has 3 heteroatoms. The lowest BCUT2D eigenvalue weighted by molar-refractivity contribution is 0.111. The highest BCUT2D eigenvalue weighted by molar-refractivity contribution is 5.72. The van der Waals surface area contributed by atoms with Crippen molar-refractivity contribution in [3.8, 4) is 0 Å². The smallest absolute Gasteiger partial charge is 0.270 e. The molecule has 1 rings (SSSR count). The summed E-state index contributed by atoms with van der Waals surface area (Å²) in [6.07, 6.45) is 0.620. The predicted octanol–water partition coefficient (Wildman–Crippen LogP) is 1.44. The second kappa shape index (κ2) is 2.74. The maximum absolute atomic E-state index is 10.1. The molecule has 0 aromatic carbocycles. The molecule has 1 aromatic heterocycles. The van der Waals surface area contributed by atoms with Crippen LogP contribution in [0.2, 0.25) is 0 Å². The lowest BCUT2D eigenvalue weighted by Crippen LogP contribution is -1.82. The van der Waals surface area contributed by atoms with Gasteiger partial charge >= 0.3 is 0 Å². The van der Waals surface area contributed by atoms with Crippen LogP contribution in [0.3, 0.4) is 0 Å². The fraction of sp³-hybridized carbons (Fsp3) is 0. The molecule has 0 fully saturated rings. The average Bonchev–Trinajstić information content (AvgIpc) is 2.05. The highest BCUT2D eigenvalue weighted by Crippen LogP contribution is 2.05. The molecule has 0 N–H and O–H groups in total. The van der Waals surface area contributed by atoms with E-state index in [0.717, 1.165) is 0 Å². The number of pyridine rings is 1. The number of aldehydes is 1. The number of hydrogen-bond donors (Lipinski definition) is 0. The zero-order chi connectivity index (χ0) is 7.40. The first-order valence-corrected chi connectivity index (χ1v) is 2.66. The molecule has 0 aliphatic carbocycles. The lowest BCUT2D eigenvalue weighted by Gasteiger charge is -1.84. The molecule has 48 valence electrons. The van der Waals surface area contributed by atoms with Crippen LogP contribution in [-0.4, -0.2) is 11.3 Å². The number of carbonyl (C=O) groups excluding carboxylic acids is 1. The van der Waals surface area contributed by atoms with Gasteiger partial charge in [0.25, 0.3) is 5.82 Å². The standard InChI is InChI=1S/C7H4N2O/c1-8-7-4-2-3-6(5-10)9-7/h2-5H. The van der Waals surface area contributed by atoms with Gasteiger partial charge in [0.15, 0.2) is 12.0 Å². The summed E-state index contributed by atoms with van der Waals surface area (Å²) < 4.78 is 0. The van der Waals surface area contributed by atoms with Crippen molar-refractivity contribution in [2.45, 2.75) is 0 Å². The summed E-state index contributed by atoms with van der Waals surface area (Å²) in [4.78, 5) is 16.9. The van der Waals surface area contributed by atoms with Crippen molar-refractivity contribution in [1.82, 2.24) is 4.98 Å². The Balaban J connectivity index is 3.13. The first-order valence-electron chi connectivity index (χ1n) is 2.66. The van der Waals surface area contributed by atoms with Gasteiger partial charge in [-0.25, -0.2) is 0 Å². The van der Waals surface area contributed by atoms with Crippen molar-refractivity contribution in [2.24, 2.45) is 0 Å². The molecule has 1 aromatic rings. The minimum absolute atomic E-state index is 0.254. The molecular formula is C7H4N2O. The van der Waals surface area contributed by atoms with Crippen molar-refractivity contribution >= 4 is 12.1 Å². The van der Waals surface area contributed by atoms with Crippen molar-refractivity contribution in [3.05, 3.63) is 35.3 Å². The summed E-state index contributed by atoms with van der Waals surface area (Å²) >= 11 is 0. The maximum atomic E-state index is 10.1. The van der Waals surface area contributed by atoms with Crippen molar-refractivity contribution in [2.75, 3.05) is 0 Å². The topological polar surface area (TPSA) is 34.3 Å². The molecule has 0 bridgehead atoms. The maximum Gasteiger partial charge on any atom is 0.270 e. The van der Waals surface area contributed by atoms with Crippen LogP contribution in [0.25, 0.3) is 4.85 Å². The highest BCUT2D eigenvalue weighted by atomic mass is 16.1. The zero-order valence-electron chi connectivity index (χ0n) is 5.11. The van der Waals surface area contributed by atoms with E-state index >= 15 is 0 Å². The molecule has 0 aliphatic rings. The highest BCUT2D eigenvalue weighted by Gasteiger charge is 1.95. The second-order valence-corrected chi connectivity index (χ2v) is 1.65. The van der Waals surface area contributed by atoms with Gasteiger partial charge in [0.05, 0.1) is 0 Å². The Hall–Kier alpha value is -1.69. The fourth-order valence-corrected chi connectivity index (χ4v) is 0.567. The molecule has 0 unspecified atom stereocenters. The van der Waals surface area contributed by atoms with Crippen LogP contribution in [0.15, 0.2) is 18.2 Å². The van der Waals surface area contributed by atoms with Crippen LogP contribution in [-0.2, 0) is 0 Å². The minimum Gasteiger partial charge on any atom is -0.361 e. The summed E-state index contributed by atoms with van der Waals surface area (Å²) in [6, 6.07) is 4.74. The minimum atomic E-state index is 0.254. The Morgan fingerprint density at radius 1 is 1.60 bits per heavy atom. The molecule has 0 saturated carbocycles. The number of rotatable bonds is 1. The number of nitrogens with zero attached hydrogens (tertiary/aromatic N) is 2. The third kappa shape index (κ3) is 1.17. The van der Waals surface area contributed by atoms with Crippen molar-refractivity contribution < 1.29 is 4.79 Å². The van der Waals surface area contributed by atoms with Gasteiger partial charge in [0.2, 0.25) is 0 Å². The van der Waals surface area contributed by atoms with Crippen molar-refractivity contribution in [1.29, 1.82) is 0 Å². The zero-order valence-corrected chi connectivity index (χ0v) is 5.11. The van der Waals surface area contributed by atoms with E-state index in [4.69, 9.17) is 6.57 Å². The molecule has 0 amide bonds. The van der Waals surface area contributed by atoms with E-state index in [1.807, 2.05) is 0 Å². The normalized spacial score (nSPS) is 8.30. The third-order valence-electron chi connectivity index (χ3n) is 0.991. The molecular weight excluding hydrogens is 128 g/mol. The average molecular weight is 132 g/mol. The first-order chi connectivity index (χ1) is 4.86. The van der Waals surface area contributed by atoms with Gasteiger partial charge in [0, 0.05) is 0 Å². The van der Waals surface area contributed by atoms with Crippen LogP contribution >= 0.6 is 0 Å². The number of carbonyl (C=O) groups is 1. The monoisotopic (exact) mass is 132 g/mol. The molecule has 0 spiro atoms. The van der Waals surface area contributed by atoms with Gasteiger partial charge in [-0.2, -0.15) is 0 Å². The van der Waals surface area contributed by atoms with Gasteiger partial charge in [0.1, 0.15) is 0 Å². The summed E-state index contributed by atoms with van der Waals surface area (Å²) in [5.41, 5.74) is 0.300. The Kier molecular flexibility index (Phi) is 1.76. The first kappa shape index (κ1) is 6.43. The second-order valence-electron chi connectivity index (χ2n) is 1.65. The van der Waals surface area contributed by atoms with Gasteiger partial charge in [-0.1, -0.05) is 12.6 Å². The molecule has 1 heterocycles. The summed E-state index contributed by atoms with van der Waals surface area (Å²) in [7, 11) is 0. The van der Waals surface area contributed by atoms with Crippen LogP contribution in [0.5, 0.6) is 0 Å².